The molecule has 3 heterocycles. The highest BCUT2D eigenvalue weighted by Crippen LogP contribution is 2.17. The van der Waals surface area contributed by atoms with Crippen molar-refractivity contribution < 1.29 is 8.83 Å². The van der Waals surface area contributed by atoms with Gasteiger partial charge in [-0.2, -0.15) is 0 Å². The molecule has 5 heteroatoms. The van der Waals surface area contributed by atoms with Crippen LogP contribution in [0.4, 0.5) is 0 Å². The summed E-state index contributed by atoms with van der Waals surface area (Å²) in [6, 6.07) is 7.82. The average molecular weight is 302 g/mol. The molecule has 0 unspecified atom stereocenters. The lowest BCUT2D eigenvalue weighted by Crippen LogP contribution is -2.22. The van der Waals surface area contributed by atoms with Crippen LogP contribution >= 0.6 is 11.3 Å². The summed E-state index contributed by atoms with van der Waals surface area (Å²) in [7, 11) is 0. The van der Waals surface area contributed by atoms with Crippen LogP contribution in [0.15, 0.2) is 51.0 Å². The van der Waals surface area contributed by atoms with Gasteiger partial charge in [-0.05, 0) is 30.7 Å². The van der Waals surface area contributed by atoms with Crippen molar-refractivity contribution in [2.75, 3.05) is 0 Å². The second kappa shape index (κ2) is 6.74. The Morgan fingerprint density at radius 3 is 2.19 bits per heavy atom. The van der Waals surface area contributed by atoms with Crippen LogP contribution in [0.2, 0.25) is 0 Å². The summed E-state index contributed by atoms with van der Waals surface area (Å²) in [5.74, 6) is 1.90. The number of aromatic nitrogens is 1. The second-order valence-electron chi connectivity index (χ2n) is 4.89. The van der Waals surface area contributed by atoms with Crippen molar-refractivity contribution >= 4 is 11.3 Å². The smallest absolute Gasteiger partial charge is 0.117 e. The topological polar surface area (TPSA) is 42.4 Å². The van der Waals surface area contributed by atoms with Crippen molar-refractivity contribution in [1.82, 2.24) is 9.88 Å². The van der Waals surface area contributed by atoms with Crippen LogP contribution in [-0.4, -0.2) is 9.88 Å². The molecule has 0 atom stereocenters. The number of thiazole rings is 1. The standard InChI is InChI=1S/C16H18N2O2S/c1-2-16-17-13(12-21-16)9-18(10-14-5-3-7-19-14)11-15-6-4-8-20-15/h3-8,12H,2,9-11H2,1H3. The molecule has 0 fully saturated rings. The van der Waals surface area contributed by atoms with E-state index >= 15 is 0 Å². The number of aryl methyl sites for hydroxylation is 1. The molecule has 3 aromatic rings. The molecular formula is C16H18N2O2S. The van der Waals surface area contributed by atoms with Crippen LogP contribution in [-0.2, 0) is 26.1 Å². The summed E-state index contributed by atoms with van der Waals surface area (Å²) >= 11 is 1.72. The Hall–Kier alpha value is -1.85. The van der Waals surface area contributed by atoms with Crippen LogP contribution in [0.3, 0.4) is 0 Å². The van der Waals surface area contributed by atoms with Crippen molar-refractivity contribution in [3.8, 4) is 0 Å². The molecular weight excluding hydrogens is 284 g/mol. The molecule has 0 aliphatic carbocycles. The Labute approximate surface area is 128 Å². The van der Waals surface area contributed by atoms with E-state index in [1.54, 1.807) is 23.9 Å². The predicted molar refractivity (Wildman–Crippen MR) is 81.9 cm³/mol. The predicted octanol–water partition coefficient (Wildman–Crippen LogP) is 4.09. The molecule has 0 saturated heterocycles. The van der Waals surface area contributed by atoms with E-state index < -0.39 is 0 Å². The summed E-state index contributed by atoms with van der Waals surface area (Å²) in [6.45, 7) is 4.41. The lowest BCUT2D eigenvalue weighted by molar-refractivity contribution is 0.207. The zero-order valence-electron chi connectivity index (χ0n) is 12.0. The molecule has 0 bridgehead atoms. The normalized spacial score (nSPS) is 11.3. The first-order valence-corrected chi connectivity index (χ1v) is 7.92. The van der Waals surface area contributed by atoms with Crippen LogP contribution in [0.5, 0.6) is 0 Å². The Morgan fingerprint density at radius 1 is 1.05 bits per heavy atom. The molecule has 0 aliphatic rings. The van der Waals surface area contributed by atoms with Gasteiger partial charge in [0.2, 0.25) is 0 Å². The minimum atomic E-state index is 0.743. The van der Waals surface area contributed by atoms with Gasteiger partial charge in [0, 0.05) is 11.9 Å². The third-order valence-electron chi connectivity index (χ3n) is 3.21. The van der Waals surface area contributed by atoms with Gasteiger partial charge in [0.15, 0.2) is 0 Å². The van der Waals surface area contributed by atoms with Gasteiger partial charge in [-0.3, -0.25) is 4.90 Å². The van der Waals surface area contributed by atoms with E-state index in [1.165, 1.54) is 5.01 Å². The van der Waals surface area contributed by atoms with Gasteiger partial charge in [0.1, 0.15) is 11.5 Å². The van der Waals surface area contributed by atoms with Gasteiger partial charge in [-0.1, -0.05) is 6.92 Å². The summed E-state index contributed by atoms with van der Waals surface area (Å²) < 4.78 is 10.9. The molecule has 0 spiro atoms. The molecule has 0 radical (unpaired) electrons. The highest BCUT2D eigenvalue weighted by Gasteiger charge is 2.13. The van der Waals surface area contributed by atoms with E-state index in [2.05, 4.69) is 22.2 Å². The number of furan rings is 2. The second-order valence-corrected chi connectivity index (χ2v) is 5.83. The minimum Gasteiger partial charge on any atom is -0.468 e. The minimum absolute atomic E-state index is 0.743. The zero-order chi connectivity index (χ0) is 14.5. The first kappa shape index (κ1) is 14.1. The van der Waals surface area contributed by atoms with E-state index in [1.807, 2.05) is 24.3 Å². The maximum atomic E-state index is 5.46. The Morgan fingerprint density at radius 2 is 1.71 bits per heavy atom. The fourth-order valence-electron chi connectivity index (χ4n) is 2.23. The first-order chi connectivity index (χ1) is 10.3. The molecule has 0 N–H and O–H groups in total. The summed E-state index contributed by atoms with van der Waals surface area (Å²) in [4.78, 5) is 6.91. The van der Waals surface area contributed by atoms with Gasteiger partial charge < -0.3 is 8.83 Å². The summed E-state index contributed by atoms with van der Waals surface area (Å²) in [5, 5.41) is 3.32. The Balaban J connectivity index is 1.71. The molecule has 3 aromatic heterocycles. The molecule has 0 amide bonds. The van der Waals surface area contributed by atoms with Crippen molar-refractivity contribution in [1.29, 1.82) is 0 Å². The monoisotopic (exact) mass is 302 g/mol. The molecule has 0 saturated carbocycles. The number of hydrogen-bond acceptors (Lipinski definition) is 5. The van der Waals surface area contributed by atoms with Crippen LogP contribution in [0, 0.1) is 0 Å². The van der Waals surface area contributed by atoms with Crippen LogP contribution in [0.25, 0.3) is 0 Å². The van der Waals surface area contributed by atoms with Crippen molar-refractivity contribution in [3.05, 3.63) is 64.4 Å². The maximum Gasteiger partial charge on any atom is 0.117 e. The number of rotatable bonds is 7. The van der Waals surface area contributed by atoms with Gasteiger partial charge in [0.05, 0.1) is 36.3 Å². The maximum absolute atomic E-state index is 5.46. The summed E-state index contributed by atoms with van der Waals surface area (Å²) in [5.41, 5.74) is 1.11. The van der Waals surface area contributed by atoms with Gasteiger partial charge >= 0.3 is 0 Å². The quantitative estimate of drug-likeness (QED) is 0.659. The lowest BCUT2D eigenvalue weighted by Gasteiger charge is -2.18. The van der Waals surface area contributed by atoms with E-state index in [0.717, 1.165) is 43.3 Å². The molecule has 21 heavy (non-hydrogen) atoms. The SMILES string of the molecule is CCc1nc(CN(Cc2ccco2)Cc2ccco2)cs1. The molecule has 0 aromatic carbocycles. The van der Waals surface area contributed by atoms with E-state index in [4.69, 9.17) is 8.83 Å². The molecule has 3 rings (SSSR count). The zero-order valence-corrected chi connectivity index (χ0v) is 12.8. The molecule has 110 valence electrons. The number of hydrogen-bond donors (Lipinski definition) is 0. The highest BCUT2D eigenvalue weighted by molar-refractivity contribution is 7.09. The van der Waals surface area contributed by atoms with Gasteiger partial charge in [0.25, 0.3) is 0 Å². The van der Waals surface area contributed by atoms with Crippen molar-refractivity contribution in [3.63, 3.8) is 0 Å². The largest absolute Gasteiger partial charge is 0.468 e. The fourth-order valence-corrected chi connectivity index (χ4v) is 2.96. The lowest BCUT2D eigenvalue weighted by atomic mass is 10.3. The van der Waals surface area contributed by atoms with E-state index in [0.29, 0.717) is 0 Å². The van der Waals surface area contributed by atoms with Crippen LogP contribution in [0.1, 0.15) is 29.1 Å². The molecule has 0 aliphatic heterocycles. The average Bonchev–Trinajstić information content (AvgIpc) is 3.20. The Kier molecular flexibility index (Phi) is 4.52. The summed E-state index contributed by atoms with van der Waals surface area (Å²) in [6.07, 6.45) is 4.40. The first-order valence-electron chi connectivity index (χ1n) is 7.04. The highest BCUT2D eigenvalue weighted by atomic mass is 32.1. The van der Waals surface area contributed by atoms with Gasteiger partial charge in [-0.25, -0.2) is 4.98 Å². The van der Waals surface area contributed by atoms with Crippen molar-refractivity contribution in [2.24, 2.45) is 0 Å². The Bertz CT molecular complexity index is 607. The van der Waals surface area contributed by atoms with Crippen LogP contribution < -0.4 is 0 Å². The van der Waals surface area contributed by atoms with Gasteiger partial charge in [-0.15, -0.1) is 11.3 Å². The fraction of sp³-hybridized carbons (Fsp3) is 0.312. The number of nitrogens with zero attached hydrogens (tertiary/aromatic N) is 2. The van der Waals surface area contributed by atoms with E-state index in [-0.39, 0.29) is 0 Å². The third-order valence-corrected chi connectivity index (χ3v) is 4.25. The van der Waals surface area contributed by atoms with Crippen molar-refractivity contribution in [2.45, 2.75) is 33.0 Å². The third kappa shape index (κ3) is 3.83. The molecule has 4 nitrogen and oxygen atoms in total. The van der Waals surface area contributed by atoms with E-state index in [9.17, 15) is 0 Å².